The highest BCUT2D eigenvalue weighted by Crippen LogP contribution is 2.27. The van der Waals surface area contributed by atoms with E-state index in [1.54, 1.807) is 18.2 Å². The molecule has 0 bridgehead atoms. The smallest absolute Gasteiger partial charge is 0.340 e. The van der Waals surface area contributed by atoms with Gasteiger partial charge in [0.05, 0.1) is 12.7 Å². The highest BCUT2D eigenvalue weighted by atomic mass is 19.1. The van der Waals surface area contributed by atoms with Crippen LogP contribution in [0.5, 0.6) is 5.88 Å². The van der Waals surface area contributed by atoms with Gasteiger partial charge in [0.2, 0.25) is 5.88 Å². The lowest BCUT2D eigenvalue weighted by Gasteiger charge is -2.29. The Balaban J connectivity index is 1.69. The summed E-state index contributed by atoms with van der Waals surface area (Å²) in [5, 5.41) is 0. The minimum absolute atomic E-state index is 0.000521. The van der Waals surface area contributed by atoms with Crippen LogP contribution in [0.25, 0.3) is 0 Å². The third-order valence-corrected chi connectivity index (χ3v) is 4.74. The Hall–Kier alpha value is -2.41. The number of carbonyl (C=O) groups excluding carboxylic acids is 1. The van der Waals surface area contributed by atoms with Crippen molar-refractivity contribution in [3.63, 3.8) is 0 Å². The zero-order chi connectivity index (χ0) is 18.5. The average molecular weight is 356 g/mol. The number of aromatic nitrogens is 1. The second-order valence-electron chi connectivity index (χ2n) is 6.54. The van der Waals surface area contributed by atoms with Gasteiger partial charge in [-0.3, -0.25) is 0 Å². The first kappa shape index (κ1) is 18.4. The van der Waals surface area contributed by atoms with E-state index in [0.717, 1.165) is 31.6 Å². The third-order valence-electron chi connectivity index (χ3n) is 4.74. The molecule has 3 rings (SSSR count). The van der Waals surface area contributed by atoms with Crippen LogP contribution < -0.4 is 4.74 Å². The molecule has 1 saturated heterocycles. The van der Waals surface area contributed by atoms with Gasteiger partial charge in [-0.2, -0.15) is 0 Å². The molecular formula is C19H22BFN2O3. The number of benzene rings is 1. The van der Waals surface area contributed by atoms with Crippen LogP contribution in [0.2, 0.25) is 0 Å². The maximum absolute atomic E-state index is 14.4. The van der Waals surface area contributed by atoms with Crippen LogP contribution in [0.1, 0.15) is 40.4 Å². The van der Waals surface area contributed by atoms with E-state index in [9.17, 15) is 9.18 Å². The van der Waals surface area contributed by atoms with E-state index < -0.39 is 11.8 Å². The topological polar surface area (TPSA) is 51.7 Å². The summed E-state index contributed by atoms with van der Waals surface area (Å²) in [6, 6.07) is 10.3. The summed E-state index contributed by atoms with van der Waals surface area (Å²) in [7, 11) is 3.35. The van der Waals surface area contributed by atoms with Crippen molar-refractivity contribution < 1.29 is 18.7 Å². The van der Waals surface area contributed by atoms with Crippen LogP contribution in [-0.4, -0.2) is 43.9 Å². The number of esters is 1. The molecule has 1 fully saturated rings. The van der Waals surface area contributed by atoms with Gasteiger partial charge < -0.3 is 14.3 Å². The number of ether oxygens (including phenoxy) is 2. The summed E-state index contributed by atoms with van der Waals surface area (Å²) in [4.78, 5) is 18.5. The van der Waals surface area contributed by atoms with Gasteiger partial charge in [-0.15, -0.1) is 0 Å². The summed E-state index contributed by atoms with van der Waals surface area (Å²) in [5.74, 6) is -0.434. The van der Waals surface area contributed by atoms with Gasteiger partial charge >= 0.3 is 5.97 Å². The zero-order valence-corrected chi connectivity index (χ0v) is 15.1. The Morgan fingerprint density at radius 1 is 1.27 bits per heavy atom. The van der Waals surface area contributed by atoms with Gasteiger partial charge in [-0.25, -0.2) is 14.2 Å². The molecule has 136 valence electrons. The molecule has 26 heavy (non-hydrogen) atoms. The molecule has 1 aliphatic heterocycles. The minimum Gasteiger partial charge on any atom is -0.473 e. The fraction of sp³-hybridized carbons (Fsp3) is 0.368. The average Bonchev–Trinajstić information content (AvgIpc) is 2.67. The standard InChI is InChI=1S/C19H22BFN2O3/c1-25-19(24)15-5-2-4-14(18(15)21)12-26-17-7-3-6-16(22-17)13-8-10-23(20)11-9-13/h2-7,13H,8-12,20H2,1H3. The van der Waals surface area contributed by atoms with Gasteiger partial charge in [0.1, 0.15) is 12.4 Å². The van der Waals surface area contributed by atoms with Crippen molar-refractivity contribution >= 4 is 14.0 Å². The van der Waals surface area contributed by atoms with Crippen molar-refractivity contribution in [1.82, 2.24) is 9.79 Å². The Kier molecular flexibility index (Phi) is 5.88. The molecule has 0 unspecified atom stereocenters. The van der Waals surface area contributed by atoms with E-state index >= 15 is 0 Å². The van der Waals surface area contributed by atoms with Gasteiger partial charge in [0.15, 0.2) is 7.98 Å². The molecule has 1 aliphatic rings. The molecule has 2 aromatic rings. The number of hydrogen-bond acceptors (Lipinski definition) is 5. The van der Waals surface area contributed by atoms with Gasteiger partial charge in [-0.1, -0.05) is 18.2 Å². The fourth-order valence-corrected chi connectivity index (χ4v) is 3.15. The Morgan fingerprint density at radius 3 is 2.73 bits per heavy atom. The highest BCUT2D eigenvalue weighted by molar-refractivity contribution is 6.04. The number of halogens is 1. The van der Waals surface area contributed by atoms with Crippen molar-refractivity contribution in [2.24, 2.45) is 0 Å². The molecular weight excluding hydrogens is 334 g/mol. The van der Waals surface area contributed by atoms with E-state index in [4.69, 9.17) is 4.74 Å². The van der Waals surface area contributed by atoms with Crippen LogP contribution in [0.3, 0.4) is 0 Å². The van der Waals surface area contributed by atoms with E-state index in [2.05, 4.69) is 22.5 Å². The van der Waals surface area contributed by atoms with E-state index in [0.29, 0.717) is 17.4 Å². The van der Waals surface area contributed by atoms with E-state index in [1.165, 1.54) is 13.2 Å². The molecule has 2 heterocycles. The molecule has 0 radical (unpaired) electrons. The van der Waals surface area contributed by atoms with Gasteiger partial charge in [-0.05, 0) is 38.1 Å². The van der Waals surface area contributed by atoms with E-state index in [1.807, 2.05) is 12.1 Å². The van der Waals surface area contributed by atoms with Crippen molar-refractivity contribution in [3.05, 3.63) is 59.0 Å². The molecule has 0 N–H and O–H groups in total. The lowest BCUT2D eigenvalue weighted by Crippen LogP contribution is -2.30. The normalized spacial score (nSPS) is 15.6. The van der Waals surface area contributed by atoms with Gasteiger partial charge in [0.25, 0.3) is 0 Å². The monoisotopic (exact) mass is 356 g/mol. The lowest BCUT2D eigenvalue weighted by atomic mass is 9.92. The first-order valence-corrected chi connectivity index (χ1v) is 8.72. The quantitative estimate of drug-likeness (QED) is 0.608. The largest absolute Gasteiger partial charge is 0.473 e. The molecule has 0 atom stereocenters. The van der Waals surface area contributed by atoms with Crippen LogP contribution in [0.15, 0.2) is 36.4 Å². The molecule has 1 aromatic carbocycles. The molecule has 0 saturated carbocycles. The fourth-order valence-electron chi connectivity index (χ4n) is 3.15. The van der Waals surface area contributed by atoms with Crippen LogP contribution in [0.4, 0.5) is 4.39 Å². The number of hydrogen-bond donors (Lipinski definition) is 0. The lowest BCUT2D eigenvalue weighted by molar-refractivity contribution is 0.0595. The first-order valence-electron chi connectivity index (χ1n) is 8.72. The zero-order valence-electron chi connectivity index (χ0n) is 15.1. The molecule has 5 nitrogen and oxygen atoms in total. The molecule has 0 spiro atoms. The third kappa shape index (κ3) is 4.22. The van der Waals surface area contributed by atoms with Crippen molar-refractivity contribution in [1.29, 1.82) is 0 Å². The van der Waals surface area contributed by atoms with Crippen molar-refractivity contribution in [3.8, 4) is 5.88 Å². The maximum Gasteiger partial charge on any atom is 0.340 e. The Morgan fingerprint density at radius 2 is 2.00 bits per heavy atom. The number of pyridine rings is 1. The maximum atomic E-state index is 14.4. The van der Waals surface area contributed by atoms with Crippen LogP contribution >= 0.6 is 0 Å². The Bertz CT molecular complexity index is 779. The summed E-state index contributed by atoms with van der Waals surface area (Å²) in [6.45, 7) is 2.12. The summed E-state index contributed by atoms with van der Waals surface area (Å²) in [5.41, 5.74) is 1.21. The SMILES string of the molecule is BN1CCC(c2cccc(OCc3cccc(C(=O)OC)c3F)n2)CC1. The minimum atomic E-state index is -0.702. The summed E-state index contributed by atoms with van der Waals surface area (Å²) >= 11 is 0. The van der Waals surface area contributed by atoms with Crippen molar-refractivity contribution in [2.75, 3.05) is 20.2 Å². The predicted molar refractivity (Wildman–Crippen MR) is 98.4 cm³/mol. The predicted octanol–water partition coefficient (Wildman–Crippen LogP) is 2.31. The van der Waals surface area contributed by atoms with E-state index in [-0.39, 0.29) is 12.2 Å². The second kappa shape index (κ2) is 8.32. The number of rotatable bonds is 5. The Labute approximate surface area is 153 Å². The first-order chi connectivity index (χ1) is 12.6. The molecule has 1 aromatic heterocycles. The number of methoxy groups -OCH3 is 1. The van der Waals surface area contributed by atoms with Crippen LogP contribution in [-0.2, 0) is 11.3 Å². The second-order valence-corrected chi connectivity index (χ2v) is 6.54. The van der Waals surface area contributed by atoms with Crippen molar-refractivity contribution in [2.45, 2.75) is 25.4 Å². The van der Waals surface area contributed by atoms with Crippen LogP contribution in [0, 0.1) is 5.82 Å². The number of carbonyl (C=O) groups is 1. The molecule has 0 amide bonds. The molecule has 7 heteroatoms. The number of nitrogens with zero attached hydrogens (tertiary/aromatic N) is 2. The number of piperidine rings is 1. The summed E-state index contributed by atoms with van der Waals surface area (Å²) < 4.78 is 24.7. The molecule has 0 aliphatic carbocycles. The summed E-state index contributed by atoms with van der Waals surface area (Å²) in [6.07, 6.45) is 2.14. The van der Waals surface area contributed by atoms with Gasteiger partial charge in [0, 0.05) is 23.2 Å². The highest BCUT2D eigenvalue weighted by Gasteiger charge is 2.20.